The lowest BCUT2D eigenvalue weighted by Gasteiger charge is -2.32. The second-order valence-corrected chi connectivity index (χ2v) is 9.15. The molecule has 0 aromatic heterocycles. The average molecular weight is 538 g/mol. The number of carbonyl (C=O) groups excluding carboxylic acids is 1. The fraction of sp³-hybridized carbons (Fsp3) is 0.429. The average Bonchev–Trinajstić information content (AvgIpc) is 2.56. The van der Waals surface area contributed by atoms with E-state index in [9.17, 15) is 4.79 Å². The third kappa shape index (κ3) is 7.10. The molecule has 0 aliphatic carbocycles. The molecule has 0 bridgehead atoms. The zero-order chi connectivity index (χ0) is 18.4. The van der Waals surface area contributed by atoms with Crippen molar-refractivity contribution >= 4 is 86.4 Å². The Kier molecular flexibility index (Phi) is 8.09. The maximum Gasteiger partial charge on any atom is 0.319 e. The second kappa shape index (κ2) is 9.61. The Morgan fingerprint density at radius 3 is 2.36 bits per heavy atom. The van der Waals surface area contributed by atoms with Gasteiger partial charge in [-0.25, -0.2) is 4.79 Å². The molecule has 11 heteroatoms. The van der Waals surface area contributed by atoms with Gasteiger partial charge in [0.1, 0.15) is 0 Å². The second-order valence-electron chi connectivity index (χ2n) is 5.13. The van der Waals surface area contributed by atoms with Crippen molar-refractivity contribution < 1.29 is 9.53 Å². The van der Waals surface area contributed by atoms with Crippen LogP contribution in [0.25, 0.3) is 0 Å². The molecule has 1 aromatic carbocycles. The van der Waals surface area contributed by atoms with Gasteiger partial charge in [0.2, 0.25) is 3.79 Å². The Morgan fingerprint density at radius 2 is 1.80 bits per heavy atom. The summed E-state index contributed by atoms with van der Waals surface area (Å²) in [6.07, 6.45) is -1.00. The molecule has 2 amide bonds. The van der Waals surface area contributed by atoms with Crippen molar-refractivity contribution in [2.45, 2.75) is 9.96 Å². The van der Waals surface area contributed by atoms with Gasteiger partial charge < -0.3 is 25.6 Å². The fourth-order valence-corrected chi connectivity index (χ4v) is 2.94. The number of benzene rings is 1. The number of rotatable bonds is 3. The molecule has 2 rings (SSSR count). The van der Waals surface area contributed by atoms with E-state index < -0.39 is 9.96 Å². The van der Waals surface area contributed by atoms with Crippen molar-refractivity contribution in [3.05, 3.63) is 27.8 Å². The topological polar surface area (TPSA) is 65.6 Å². The summed E-state index contributed by atoms with van der Waals surface area (Å²) in [5, 5.41) is 8.67. The Hall–Kier alpha value is -0.260. The Bertz CT molecular complexity index is 609. The van der Waals surface area contributed by atoms with Gasteiger partial charge in [0.15, 0.2) is 11.3 Å². The highest BCUT2D eigenvalue weighted by Crippen LogP contribution is 2.29. The summed E-state index contributed by atoms with van der Waals surface area (Å²) in [7, 11) is 0. The lowest BCUT2D eigenvalue weighted by molar-refractivity contribution is 0.0524. The molecule has 1 saturated heterocycles. The molecule has 0 saturated carbocycles. The van der Waals surface area contributed by atoms with E-state index in [4.69, 9.17) is 51.8 Å². The van der Waals surface area contributed by atoms with Crippen LogP contribution < -0.4 is 16.0 Å². The zero-order valence-corrected chi connectivity index (χ0v) is 18.1. The van der Waals surface area contributed by atoms with E-state index in [1.165, 1.54) is 0 Å². The molecule has 25 heavy (non-hydrogen) atoms. The van der Waals surface area contributed by atoms with Crippen molar-refractivity contribution in [3.63, 3.8) is 0 Å². The number of nitrogens with one attached hydrogen (secondary N) is 3. The molecule has 6 nitrogen and oxygen atoms in total. The van der Waals surface area contributed by atoms with Crippen LogP contribution in [0, 0.1) is 3.57 Å². The van der Waals surface area contributed by atoms with Crippen LogP contribution in [0.3, 0.4) is 0 Å². The predicted molar refractivity (Wildman–Crippen MR) is 114 cm³/mol. The first kappa shape index (κ1) is 21.0. The van der Waals surface area contributed by atoms with Gasteiger partial charge in [0.05, 0.1) is 13.2 Å². The van der Waals surface area contributed by atoms with Crippen LogP contribution in [0.15, 0.2) is 24.3 Å². The summed E-state index contributed by atoms with van der Waals surface area (Å²) in [4.78, 5) is 13.9. The SMILES string of the molecule is O=C(NC(NC(=S)Nc1ccc(I)cc1)C(Cl)(Cl)Cl)N1CCOCC1. The monoisotopic (exact) mass is 536 g/mol. The molecule has 1 heterocycles. The summed E-state index contributed by atoms with van der Waals surface area (Å²) in [6.45, 7) is 1.91. The molecule has 3 N–H and O–H groups in total. The number of hydrogen-bond donors (Lipinski definition) is 3. The number of anilines is 1. The minimum Gasteiger partial charge on any atom is -0.378 e. The number of carbonyl (C=O) groups is 1. The molecule has 138 valence electrons. The molecule has 0 spiro atoms. The highest BCUT2D eigenvalue weighted by molar-refractivity contribution is 14.1. The third-order valence-electron chi connectivity index (χ3n) is 3.27. The minimum atomic E-state index is -1.79. The van der Waals surface area contributed by atoms with Crippen LogP contribution in [-0.4, -0.2) is 52.3 Å². The van der Waals surface area contributed by atoms with E-state index in [1.807, 2.05) is 24.3 Å². The number of amides is 2. The summed E-state index contributed by atoms with van der Waals surface area (Å²) >= 11 is 25.4. The first-order chi connectivity index (χ1) is 11.8. The highest BCUT2D eigenvalue weighted by atomic mass is 127. The number of hydrogen-bond acceptors (Lipinski definition) is 3. The lowest BCUT2D eigenvalue weighted by atomic mass is 10.3. The largest absolute Gasteiger partial charge is 0.378 e. The molecule has 0 radical (unpaired) electrons. The van der Waals surface area contributed by atoms with Crippen LogP contribution >= 0.6 is 69.6 Å². The van der Waals surface area contributed by atoms with E-state index >= 15 is 0 Å². The predicted octanol–water partition coefficient (Wildman–Crippen LogP) is 3.32. The van der Waals surface area contributed by atoms with E-state index in [0.29, 0.717) is 26.3 Å². The van der Waals surface area contributed by atoms with E-state index in [-0.39, 0.29) is 11.1 Å². The molecule has 1 aliphatic rings. The zero-order valence-electron chi connectivity index (χ0n) is 12.9. The van der Waals surface area contributed by atoms with Crippen molar-refractivity contribution in [2.75, 3.05) is 31.6 Å². The van der Waals surface area contributed by atoms with E-state index in [0.717, 1.165) is 9.26 Å². The fourth-order valence-electron chi connectivity index (χ4n) is 2.01. The number of halogens is 4. The molecule has 1 aliphatic heterocycles. The van der Waals surface area contributed by atoms with Crippen LogP contribution in [-0.2, 0) is 4.74 Å². The van der Waals surface area contributed by atoms with Gasteiger partial charge in [-0.3, -0.25) is 0 Å². The van der Waals surface area contributed by atoms with Crippen molar-refractivity contribution in [1.29, 1.82) is 0 Å². The van der Waals surface area contributed by atoms with Gasteiger partial charge in [-0.05, 0) is 59.1 Å². The van der Waals surface area contributed by atoms with Crippen LogP contribution in [0.2, 0.25) is 0 Å². The van der Waals surface area contributed by atoms with Gasteiger partial charge in [-0.2, -0.15) is 0 Å². The number of morpholine rings is 1. The van der Waals surface area contributed by atoms with Crippen molar-refractivity contribution in [1.82, 2.24) is 15.5 Å². The van der Waals surface area contributed by atoms with Gasteiger partial charge >= 0.3 is 6.03 Å². The number of thiocarbonyl (C=S) groups is 1. The number of alkyl halides is 3. The summed E-state index contributed by atoms with van der Waals surface area (Å²) < 4.78 is 4.52. The first-order valence-corrected chi connectivity index (χ1v) is 9.91. The quantitative estimate of drug-likeness (QED) is 0.239. The summed E-state index contributed by atoms with van der Waals surface area (Å²) in [5.74, 6) is 0. The first-order valence-electron chi connectivity index (χ1n) is 7.28. The molecular formula is C14H16Cl3IN4O2S. The Balaban J connectivity index is 1.95. The van der Waals surface area contributed by atoms with Gasteiger partial charge in [-0.1, -0.05) is 34.8 Å². The van der Waals surface area contributed by atoms with Crippen molar-refractivity contribution in [3.8, 4) is 0 Å². The maximum absolute atomic E-state index is 12.3. The smallest absolute Gasteiger partial charge is 0.319 e. The third-order valence-corrected chi connectivity index (χ3v) is 4.86. The molecule has 1 atom stereocenters. The maximum atomic E-state index is 12.3. The van der Waals surface area contributed by atoms with Crippen LogP contribution in [0.5, 0.6) is 0 Å². The van der Waals surface area contributed by atoms with E-state index in [2.05, 4.69) is 38.5 Å². The highest BCUT2D eigenvalue weighted by Gasteiger charge is 2.35. The molecule has 1 fully saturated rings. The number of ether oxygens (including phenoxy) is 1. The Morgan fingerprint density at radius 1 is 1.20 bits per heavy atom. The van der Waals surface area contributed by atoms with Crippen LogP contribution in [0.4, 0.5) is 10.5 Å². The Labute approximate surface area is 180 Å². The van der Waals surface area contributed by atoms with E-state index in [1.54, 1.807) is 4.90 Å². The van der Waals surface area contributed by atoms with Gasteiger partial charge in [0.25, 0.3) is 0 Å². The number of nitrogens with zero attached hydrogens (tertiary/aromatic N) is 1. The summed E-state index contributed by atoms with van der Waals surface area (Å²) in [6, 6.07) is 7.24. The standard InChI is InChI=1S/C14H16Cl3IN4O2S/c15-14(16,17)11(21-13(23)22-5-7-24-8-6-22)20-12(25)19-10-3-1-9(18)2-4-10/h1-4,11H,5-8H2,(H,21,23)(H2,19,20,25). The normalized spacial score (nSPS) is 16.1. The van der Waals surface area contributed by atoms with Crippen LogP contribution in [0.1, 0.15) is 0 Å². The molecular weight excluding hydrogens is 522 g/mol. The minimum absolute atomic E-state index is 0.222. The van der Waals surface area contributed by atoms with Gasteiger partial charge in [-0.15, -0.1) is 0 Å². The van der Waals surface area contributed by atoms with Gasteiger partial charge in [0, 0.05) is 22.3 Å². The summed E-state index contributed by atoms with van der Waals surface area (Å²) in [5.41, 5.74) is 0.778. The lowest BCUT2D eigenvalue weighted by Crippen LogP contribution is -2.59. The number of urea groups is 1. The van der Waals surface area contributed by atoms with Crippen molar-refractivity contribution in [2.24, 2.45) is 0 Å². The molecule has 1 aromatic rings. The molecule has 1 unspecified atom stereocenters.